The molecule has 0 unspecified atom stereocenters. The average molecular weight is 315 g/mol. The van der Waals surface area contributed by atoms with Gasteiger partial charge in [0.2, 0.25) is 5.28 Å². The number of rotatable bonds is 2. The van der Waals surface area contributed by atoms with E-state index in [-0.39, 0.29) is 5.28 Å². The van der Waals surface area contributed by atoms with Crippen molar-refractivity contribution in [1.29, 1.82) is 0 Å². The number of hydrogen-bond donors (Lipinski definition) is 1. The van der Waals surface area contributed by atoms with Crippen molar-refractivity contribution >= 4 is 45.4 Å². The SMILES string of the molecule is Clc1nc(Sc2ncnc3ccccc23)c2[nH]cnc2n1. The number of aromatic nitrogens is 6. The first-order valence-corrected chi connectivity index (χ1v) is 7.25. The Balaban J connectivity index is 1.89. The van der Waals surface area contributed by atoms with Gasteiger partial charge < -0.3 is 4.98 Å². The molecule has 102 valence electrons. The summed E-state index contributed by atoms with van der Waals surface area (Å²) in [6.07, 6.45) is 3.11. The minimum absolute atomic E-state index is 0.162. The van der Waals surface area contributed by atoms with Gasteiger partial charge in [0.1, 0.15) is 21.9 Å². The molecular weight excluding hydrogens is 308 g/mol. The van der Waals surface area contributed by atoms with E-state index in [0.29, 0.717) is 10.7 Å². The Hall–Kier alpha value is -2.25. The van der Waals surface area contributed by atoms with Crippen LogP contribution in [0.25, 0.3) is 22.1 Å². The van der Waals surface area contributed by atoms with Crippen LogP contribution in [0.15, 0.2) is 47.0 Å². The van der Waals surface area contributed by atoms with Gasteiger partial charge in [-0.25, -0.2) is 19.9 Å². The molecule has 0 bridgehead atoms. The van der Waals surface area contributed by atoms with Crippen molar-refractivity contribution in [2.24, 2.45) is 0 Å². The monoisotopic (exact) mass is 314 g/mol. The van der Waals surface area contributed by atoms with Gasteiger partial charge in [0.15, 0.2) is 5.65 Å². The van der Waals surface area contributed by atoms with Crippen molar-refractivity contribution in [2.45, 2.75) is 10.1 Å². The zero-order valence-electron chi connectivity index (χ0n) is 10.5. The number of H-pyrrole nitrogens is 1. The summed E-state index contributed by atoms with van der Waals surface area (Å²) in [7, 11) is 0. The summed E-state index contributed by atoms with van der Waals surface area (Å²) in [5.74, 6) is 0. The van der Waals surface area contributed by atoms with Crippen molar-refractivity contribution in [2.75, 3.05) is 0 Å². The summed E-state index contributed by atoms with van der Waals surface area (Å²) in [6.45, 7) is 0. The molecule has 0 fully saturated rings. The average Bonchev–Trinajstić information content (AvgIpc) is 2.96. The van der Waals surface area contributed by atoms with E-state index < -0.39 is 0 Å². The quantitative estimate of drug-likeness (QED) is 0.452. The Kier molecular flexibility index (Phi) is 2.94. The third kappa shape index (κ3) is 2.20. The predicted molar refractivity (Wildman–Crippen MR) is 80.4 cm³/mol. The molecule has 0 aliphatic rings. The molecule has 4 aromatic rings. The Labute approximate surface area is 128 Å². The molecule has 0 atom stereocenters. The van der Waals surface area contributed by atoms with Gasteiger partial charge in [-0.05, 0) is 29.4 Å². The fourth-order valence-electron chi connectivity index (χ4n) is 2.01. The Morgan fingerprint density at radius 1 is 1.00 bits per heavy atom. The predicted octanol–water partition coefficient (Wildman–Crippen LogP) is 3.10. The molecule has 0 saturated heterocycles. The second kappa shape index (κ2) is 4.94. The summed E-state index contributed by atoms with van der Waals surface area (Å²) in [5.41, 5.74) is 2.17. The van der Waals surface area contributed by atoms with Crippen LogP contribution in [0.3, 0.4) is 0 Å². The van der Waals surface area contributed by atoms with Crippen LogP contribution in [-0.2, 0) is 0 Å². The lowest BCUT2D eigenvalue weighted by Gasteiger charge is -2.04. The van der Waals surface area contributed by atoms with E-state index in [2.05, 4.69) is 29.9 Å². The highest BCUT2D eigenvalue weighted by atomic mass is 35.5. The lowest BCUT2D eigenvalue weighted by atomic mass is 10.2. The van der Waals surface area contributed by atoms with Gasteiger partial charge in [-0.1, -0.05) is 18.2 Å². The van der Waals surface area contributed by atoms with Crippen LogP contribution in [0.2, 0.25) is 5.28 Å². The molecule has 8 heteroatoms. The van der Waals surface area contributed by atoms with E-state index in [1.165, 1.54) is 18.1 Å². The molecule has 1 aromatic carbocycles. The van der Waals surface area contributed by atoms with Crippen molar-refractivity contribution in [3.8, 4) is 0 Å². The van der Waals surface area contributed by atoms with E-state index in [4.69, 9.17) is 11.6 Å². The second-order valence-electron chi connectivity index (χ2n) is 4.20. The van der Waals surface area contributed by atoms with Gasteiger partial charge in [-0.15, -0.1) is 0 Å². The van der Waals surface area contributed by atoms with Crippen molar-refractivity contribution in [3.05, 3.63) is 42.2 Å². The second-order valence-corrected chi connectivity index (χ2v) is 5.51. The van der Waals surface area contributed by atoms with E-state index in [1.54, 1.807) is 6.33 Å². The number of para-hydroxylation sites is 1. The molecule has 0 aliphatic carbocycles. The highest BCUT2D eigenvalue weighted by molar-refractivity contribution is 7.99. The topological polar surface area (TPSA) is 80.2 Å². The lowest BCUT2D eigenvalue weighted by molar-refractivity contribution is 1.06. The number of imidazole rings is 1. The Morgan fingerprint density at radius 2 is 1.90 bits per heavy atom. The molecule has 21 heavy (non-hydrogen) atoms. The molecule has 3 heterocycles. The molecule has 0 amide bonds. The normalized spacial score (nSPS) is 11.3. The van der Waals surface area contributed by atoms with Gasteiger partial charge in [-0.2, -0.15) is 4.98 Å². The maximum absolute atomic E-state index is 5.94. The van der Waals surface area contributed by atoms with Crippen LogP contribution < -0.4 is 0 Å². The summed E-state index contributed by atoms with van der Waals surface area (Å²) < 4.78 is 0. The minimum Gasteiger partial charge on any atom is -0.341 e. The largest absolute Gasteiger partial charge is 0.341 e. The summed E-state index contributed by atoms with van der Waals surface area (Å²) in [4.78, 5) is 24.0. The first kappa shape index (κ1) is 12.5. The zero-order valence-corrected chi connectivity index (χ0v) is 12.1. The third-order valence-corrected chi connectivity index (χ3v) is 4.10. The first-order valence-electron chi connectivity index (χ1n) is 6.05. The van der Waals surface area contributed by atoms with Gasteiger partial charge in [-0.3, -0.25) is 0 Å². The molecule has 0 saturated carbocycles. The van der Waals surface area contributed by atoms with E-state index in [0.717, 1.165) is 21.4 Å². The van der Waals surface area contributed by atoms with Crippen LogP contribution in [0.1, 0.15) is 0 Å². The number of nitrogens with one attached hydrogen (secondary N) is 1. The first-order chi connectivity index (χ1) is 10.3. The van der Waals surface area contributed by atoms with Crippen LogP contribution >= 0.6 is 23.4 Å². The zero-order chi connectivity index (χ0) is 14.2. The van der Waals surface area contributed by atoms with E-state index in [9.17, 15) is 0 Å². The van der Waals surface area contributed by atoms with Crippen molar-refractivity contribution in [1.82, 2.24) is 29.9 Å². The molecular formula is C13H7ClN6S. The summed E-state index contributed by atoms with van der Waals surface area (Å²) in [5, 5.41) is 2.63. The summed E-state index contributed by atoms with van der Waals surface area (Å²) in [6, 6.07) is 7.82. The minimum atomic E-state index is 0.162. The van der Waals surface area contributed by atoms with Crippen LogP contribution in [0.5, 0.6) is 0 Å². The summed E-state index contributed by atoms with van der Waals surface area (Å²) >= 11 is 7.35. The fraction of sp³-hybridized carbons (Fsp3) is 0. The highest BCUT2D eigenvalue weighted by Crippen LogP contribution is 2.33. The van der Waals surface area contributed by atoms with Gasteiger partial charge >= 0.3 is 0 Å². The Morgan fingerprint density at radius 3 is 2.86 bits per heavy atom. The third-order valence-electron chi connectivity index (χ3n) is 2.92. The maximum atomic E-state index is 5.94. The lowest BCUT2D eigenvalue weighted by Crippen LogP contribution is -1.91. The maximum Gasteiger partial charge on any atom is 0.225 e. The number of aromatic amines is 1. The number of nitrogens with zero attached hydrogens (tertiary/aromatic N) is 5. The number of hydrogen-bond acceptors (Lipinski definition) is 6. The molecule has 0 aliphatic heterocycles. The number of halogens is 1. The van der Waals surface area contributed by atoms with E-state index in [1.807, 2.05) is 24.3 Å². The number of benzene rings is 1. The van der Waals surface area contributed by atoms with Crippen LogP contribution in [0, 0.1) is 0 Å². The fourth-order valence-corrected chi connectivity index (χ4v) is 3.17. The van der Waals surface area contributed by atoms with Crippen molar-refractivity contribution in [3.63, 3.8) is 0 Å². The van der Waals surface area contributed by atoms with Crippen molar-refractivity contribution < 1.29 is 0 Å². The van der Waals surface area contributed by atoms with E-state index >= 15 is 0 Å². The molecule has 6 nitrogen and oxygen atoms in total. The molecule has 1 N–H and O–H groups in total. The smallest absolute Gasteiger partial charge is 0.225 e. The Bertz CT molecular complexity index is 948. The molecule has 0 spiro atoms. The molecule has 4 rings (SSSR count). The highest BCUT2D eigenvalue weighted by Gasteiger charge is 2.13. The van der Waals surface area contributed by atoms with Crippen LogP contribution in [0.4, 0.5) is 0 Å². The van der Waals surface area contributed by atoms with Gasteiger partial charge in [0.25, 0.3) is 0 Å². The molecule has 3 aromatic heterocycles. The molecule has 0 radical (unpaired) electrons. The van der Waals surface area contributed by atoms with Gasteiger partial charge in [0.05, 0.1) is 11.8 Å². The number of fused-ring (bicyclic) bond motifs is 2. The van der Waals surface area contributed by atoms with Crippen LogP contribution in [-0.4, -0.2) is 29.9 Å². The standard InChI is InChI=1S/C13H7ClN6S/c14-13-19-10-9(16-6-17-10)12(20-13)21-11-7-3-1-2-4-8(7)15-5-18-11/h1-6H,(H,16,17,19,20). The van der Waals surface area contributed by atoms with Gasteiger partial charge in [0, 0.05) is 5.39 Å².